The monoisotopic (exact) mass is 457 g/mol. The Balaban J connectivity index is 1.95. The van der Waals surface area contributed by atoms with Crippen LogP contribution >= 0.6 is 0 Å². The van der Waals surface area contributed by atoms with Crippen LogP contribution in [0.1, 0.15) is 47.9 Å². The third-order valence-electron chi connectivity index (χ3n) is 5.96. The van der Waals surface area contributed by atoms with Gasteiger partial charge in [0.2, 0.25) is 5.91 Å². The molecule has 2 aromatic carbocycles. The minimum absolute atomic E-state index is 0.0376. The molecule has 3 nitrogen and oxygen atoms in total. The topological polar surface area (TPSA) is 37.4 Å². The summed E-state index contributed by atoms with van der Waals surface area (Å²) in [6.45, 7) is 0. The van der Waals surface area contributed by atoms with Gasteiger partial charge in [0.25, 0.3) is 0 Å². The Kier molecular flexibility index (Phi) is 6.40. The van der Waals surface area contributed by atoms with Gasteiger partial charge in [0.05, 0.1) is 23.1 Å². The standard InChI is InChI=1S/C23H21F6NO2/c1-30(21(9-7-19(31)8-10-21)16-5-3-2-4-6-16)20(32)13-15-11-17(22(24,25)26)14-18(12-15)23(27,28)29/h2-6,11-12,14H,7-10,13H2,1H3. The van der Waals surface area contributed by atoms with Gasteiger partial charge in [-0.1, -0.05) is 30.3 Å². The first-order valence-corrected chi connectivity index (χ1v) is 9.95. The molecule has 0 saturated heterocycles. The van der Waals surface area contributed by atoms with Crippen LogP contribution in [0.5, 0.6) is 0 Å². The third-order valence-corrected chi connectivity index (χ3v) is 5.96. The summed E-state index contributed by atoms with van der Waals surface area (Å²) in [4.78, 5) is 26.2. The highest BCUT2D eigenvalue weighted by molar-refractivity contribution is 5.82. The van der Waals surface area contributed by atoms with Crippen molar-refractivity contribution in [2.24, 2.45) is 0 Å². The molecular weight excluding hydrogens is 436 g/mol. The minimum atomic E-state index is -4.99. The highest BCUT2D eigenvalue weighted by Crippen LogP contribution is 2.41. The van der Waals surface area contributed by atoms with Crippen molar-refractivity contribution < 1.29 is 35.9 Å². The van der Waals surface area contributed by atoms with Crippen LogP contribution in [0.4, 0.5) is 26.3 Å². The van der Waals surface area contributed by atoms with E-state index >= 15 is 0 Å². The van der Waals surface area contributed by atoms with E-state index in [4.69, 9.17) is 0 Å². The number of carbonyl (C=O) groups is 2. The number of ketones is 1. The molecular formula is C23H21F6NO2. The highest BCUT2D eigenvalue weighted by atomic mass is 19.4. The second kappa shape index (κ2) is 8.60. The summed E-state index contributed by atoms with van der Waals surface area (Å²) in [5.41, 5.74) is -3.39. The molecule has 0 bridgehead atoms. The van der Waals surface area contributed by atoms with Crippen molar-refractivity contribution in [3.63, 3.8) is 0 Å². The molecule has 0 spiro atoms. The van der Waals surface area contributed by atoms with E-state index in [9.17, 15) is 35.9 Å². The molecule has 9 heteroatoms. The predicted molar refractivity (Wildman–Crippen MR) is 105 cm³/mol. The first kappa shape index (κ1) is 23.8. The molecule has 1 aliphatic carbocycles. The van der Waals surface area contributed by atoms with Crippen molar-refractivity contribution in [2.75, 3.05) is 7.05 Å². The molecule has 0 radical (unpaired) electrons. The van der Waals surface area contributed by atoms with Gasteiger partial charge in [0.1, 0.15) is 5.78 Å². The van der Waals surface area contributed by atoms with E-state index in [1.807, 2.05) is 0 Å². The van der Waals surface area contributed by atoms with Crippen LogP contribution in [0.3, 0.4) is 0 Å². The highest BCUT2D eigenvalue weighted by Gasteiger charge is 2.42. The van der Waals surface area contributed by atoms with E-state index in [1.165, 1.54) is 11.9 Å². The van der Waals surface area contributed by atoms with Crippen molar-refractivity contribution in [1.29, 1.82) is 0 Å². The van der Waals surface area contributed by atoms with Gasteiger partial charge < -0.3 is 4.90 Å². The Morgan fingerprint density at radius 3 is 1.88 bits per heavy atom. The fourth-order valence-electron chi connectivity index (χ4n) is 4.16. The number of hydrogen-bond acceptors (Lipinski definition) is 2. The number of Topliss-reactive ketones (excluding diaryl/α,β-unsaturated/α-hetero) is 1. The lowest BCUT2D eigenvalue weighted by Crippen LogP contribution is -2.50. The van der Waals surface area contributed by atoms with Crippen LogP contribution in [-0.4, -0.2) is 23.6 Å². The molecule has 172 valence electrons. The third kappa shape index (κ3) is 4.97. The molecule has 1 saturated carbocycles. The Hall–Kier alpha value is -2.84. The first-order chi connectivity index (χ1) is 14.8. The molecule has 32 heavy (non-hydrogen) atoms. The van der Waals surface area contributed by atoms with Crippen molar-refractivity contribution >= 4 is 11.7 Å². The fourth-order valence-corrected chi connectivity index (χ4v) is 4.16. The van der Waals surface area contributed by atoms with Gasteiger partial charge in [-0.25, -0.2) is 0 Å². The summed E-state index contributed by atoms with van der Waals surface area (Å²) in [6.07, 6.45) is -9.49. The summed E-state index contributed by atoms with van der Waals surface area (Å²) in [5.74, 6) is -0.583. The summed E-state index contributed by atoms with van der Waals surface area (Å²) >= 11 is 0. The SMILES string of the molecule is CN(C(=O)Cc1cc(C(F)(F)F)cc(C(F)(F)F)c1)C1(c2ccccc2)CCC(=O)CC1. The lowest BCUT2D eigenvalue weighted by atomic mass is 9.75. The molecule has 0 N–H and O–H groups in total. The normalized spacial score (nSPS) is 16.7. The minimum Gasteiger partial charge on any atom is -0.336 e. The number of hydrogen-bond donors (Lipinski definition) is 0. The number of halogens is 6. The zero-order valence-electron chi connectivity index (χ0n) is 17.2. The number of carbonyl (C=O) groups excluding carboxylic acids is 2. The number of rotatable bonds is 4. The predicted octanol–water partition coefficient (Wildman–Crippen LogP) is 5.76. The van der Waals surface area contributed by atoms with Gasteiger partial charge in [-0.2, -0.15) is 26.3 Å². The van der Waals surface area contributed by atoms with Crippen molar-refractivity contribution in [3.8, 4) is 0 Å². The molecule has 0 heterocycles. The number of benzene rings is 2. The van der Waals surface area contributed by atoms with Crippen LogP contribution in [0.15, 0.2) is 48.5 Å². The van der Waals surface area contributed by atoms with E-state index in [1.54, 1.807) is 30.3 Å². The van der Waals surface area contributed by atoms with Gasteiger partial charge in [-0.3, -0.25) is 9.59 Å². The zero-order chi connectivity index (χ0) is 23.7. The molecule has 0 aromatic heterocycles. The van der Waals surface area contributed by atoms with E-state index in [0.717, 1.165) is 5.56 Å². The summed E-state index contributed by atoms with van der Waals surface area (Å²) in [7, 11) is 1.48. The number of alkyl halides is 6. The lowest BCUT2D eigenvalue weighted by Gasteiger charge is -2.45. The Bertz CT molecular complexity index is 956. The molecule has 0 atom stereocenters. The lowest BCUT2D eigenvalue weighted by molar-refractivity contribution is -0.144. The molecule has 3 rings (SSSR count). The van der Waals surface area contributed by atoms with E-state index in [0.29, 0.717) is 25.0 Å². The van der Waals surface area contributed by atoms with Crippen molar-refractivity contribution in [2.45, 2.75) is 50.0 Å². The summed E-state index contributed by atoms with van der Waals surface area (Å²) in [6, 6.07) is 10.1. The molecule has 0 unspecified atom stereocenters. The van der Waals surface area contributed by atoms with Gasteiger partial charge in [-0.15, -0.1) is 0 Å². The van der Waals surface area contributed by atoms with Crippen LogP contribution in [0, 0.1) is 0 Å². The maximum atomic E-state index is 13.1. The van der Waals surface area contributed by atoms with Crippen LogP contribution in [-0.2, 0) is 33.9 Å². The smallest absolute Gasteiger partial charge is 0.336 e. The van der Waals surface area contributed by atoms with Gasteiger partial charge >= 0.3 is 12.4 Å². The first-order valence-electron chi connectivity index (χ1n) is 9.95. The van der Waals surface area contributed by atoms with E-state index in [-0.39, 0.29) is 30.3 Å². The zero-order valence-corrected chi connectivity index (χ0v) is 17.2. The molecule has 2 aromatic rings. The Morgan fingerprint density at radius 1 is 0.906 bits per heavy atom. The maximum Gasteiger partial charge on any atom is 0.416 e. The summed E-state index contributed by atoms with van der Waals surface area (Å²) in [5, 5.41) is 0. The Morgan fingerprint density at radius 2 is 1.41 bits per heavy atom. The number of likely N-dealkylation sites (N-methyl/N-ethyl adjacent to an activating group) is 1. The van der Waals surface area contributed by atoms with Gasteiger partial charge in [0, 0.05) is 19.9 Å². The molecule has 0 aliphatic heterocycles. The van der Waals surface area contributed by atoms with Crippen LogP contribution in [0.2, 0.25) is 0 Å². The average molecular weight is 457 g/mol. The van der Waals surface area contributed by atoms with Crippen LogP contribution < -0.4 is 0 Å². The largest absolute Gasteiger partial charge is 0.416 e. The quantitative estimate of drug-likeness (QED) is 0.548. The maximum absolute atomic E-state index is 13.1. The van der Waals surface area contributed by atoms with Gasteiger partial charge in [-0.05, 0) is 42.2 Å². The molecule has 1 amide bonds. The van der Waals surface area contributed by atoms with Crippen molar-refractivity contribution in [1.82, 2.24) is 4.90 Å². The molecule has 1 aliphatic rings. The number of nitrogens with zero attached hydrogens (tertiary/aromatic N) is 1. The van der Waals surface area contributed by atoms with E-state index in [2.05, 4.69) is 0 Å². The second-order valence-corrected chi connectivity index (χ2v) is 7.98. The van der Waals surface area contributed by atoms with Gasteiger partial charge in [0.15, 0.2) is 0 Å². The fraction of sp³-hybridized carbons (Fsp3) is 0.391. The molecule has 1 fully saturated rings. The summed E-state index contributed by atoms with van der Waals surface area (Å²) < 4.78 is 78.9. The van der Waals surface area contributed by atoms with E-state index < -0.39 is 41.3 Å². The number of amides is 1. The van der Waals surface area contributed by atoms with Crippen molar-refractivity contribution in [3.05, 3.63) is 70.8 Å². The average Bonchev–Trinajstić information content (AvgIpc) is 2.73. The van der Waals surface area contributed by atoms with Crippen LogP contribution in [0.25, 0.3) is 0 Å². The Labute approximate surface area is 181 Å². The second-order valence-electron chi connectivity index (χ2n) is 7.98.